The average Bonchev–Trinajstić information content (AvgIpc) is 3.79. The Kier molecular flexibility index (Phi) is 6.94. The first-order valence-corrected chi connectivity index (χ1v) is 20.6. The first-order chi connectivity index (χ1) is 28.4. The summed E-state index contributed by atoms with van der Waals surface area (Å²) in [7, 11) is 0. The fourth-order valence-corrected chi connectivity index (χ4v) is 11.0. The Morgan fingerprint density at radius 2 is 1.24 bits per heavy atom. The number of pyridine rings is 2. The zero-order valence-electron chi connectivity index (χ0n) is 32.9. The number of hydrogen-bond acceptors (Lipinski definition) is 0. The van der Waals surface area contributed by atoms with Crippen molar-refractivity contribution in [3.63, 3.8) is 0 Å². The highest BCUT2D eigenvalue weighted by atomic mass is 15.1. The van der Waals surface area contributed by atoms with Gasteiger partial charge in [0.15, 0.2) is 23.6 Å². The normalized spacial score (nSPS) is 18.8. The zero-order chi connectivity index (χ0) is 38.8. The fourth-order valence-electron chi connectivity index (χ4n) is 11.0. The molecule has 3 nitrogen and oxygen atoms in total. The van der Waals surface area contributed by atoms with Crippen LogP contribution in [0.3, 0.4) is 0 Å². The molecule has 276 valence electrons. The lowest BCUT2D eigenvalue weighted by atomic mass is 9.59. The van der Waals surface area contributed by atoms with Gasteiger partial charge in [-0.1, -0.05) is 97.1 Å². The van der Waals surface area contributed by atoms with Gasteiger partial charge in [-0.2, -0.15) is 9.13 Å². The van der Waals surface area contributed by atoms with E-state index < -0.39 is 0 Å². The van der Waals surface area contributed by atoms with Crippen LogP contribution < -0.4 is 9.13 Å². The molecule has 6 heterocycles. The molecule has 0 spiro atoms. The monoisotopic (exact) mass is 745 g/mol. The molecule has 2 aliphatic rings. The van der Waals surface area contributed by atoms with Gasteiger partial charge in [0.1, 0.15) is 0 Å². The van der Waals surface area contributed by atoms with Crippen LogP contribution in [0.15, 0.2) is 183 Å². The van der Waals surface area contributed by atoms with Crippen LogP contribution >= 0.6 is 0 Å². The molecule has 0 bridgehead atoms. The van der Waals surface area contributed by atoms with Crippen molar-refractivity contribution in [2.24, 2.45) is 0 Å². The van der Waals surface area contributed by atoms with E-state index in [4.69, 9.17) is 6.58 Å². The summed E-state index contributed by atoms with van der Waals surface area (Å²) >= 11 is 0. The number of benzene rings is 6. The van der Waals surface area contributed by atoms with Crippen LogP contribution in [0.25, 0.3) is 88.6 Å². The van der Waals surface area contributed by atoms with E-state index >= 15 is 0 Å². The van der Waals surface area contributed by atoms with Crippen molar-refractivity contribution in [3.8, 4) is 44.8 Å². The maximum absolute atomic E-state index is 4.90. The van der Waals surface area contributed by atoms with Crippen LogP contribution in [0.1, 0.15) is 37.8 Å². The molecule has 0 N–H and O–H groups in total. The molecular weight excluding hydrogens is 703 g/mol. The van der Waals surface area contributed by atoms with Crippen molar-refractivity contribution in [2.75, 3.05) is 0 Å². The van der Waals surface area contributed by atoms with Crippen LogP contribution in [0.4, 0.5) is 0 Å². The molecule has 6 aromatic carbocycles. The van der Waals surface area contributed by atoms with E-state index in [0.29, 0.717) is 0 Å². The molecule has 0 amide bonds. The van der Waals surface area contributed by atoms with Crippen LogP contribution in [0.5, 0.6) is 0 Å². The van der Waals surface area contributed by atoms with Crippen molar-refractivity contribution in [2.45, 2.75) is 44.1 Å². The Hall–Kier alpha value is -6.84. The molecule has 0 radical (unpaired) electrons. The fraction of sp³-hybridized carbons (Fsp3) is 0.127. The Morgan fingerprint density at radius 3 is 2.05 bits per heavy atom. The molecule has 0 saturated carbocycles. The maximum Gasteiger partial charge on any atom is 0.218 e. The van der Waals surface area contributed by atoms with Gasteiger partial charge in [-0.3, -0.25) is 0 Å². The highest BCUT2D eigenvalue weighted by molar-refractivity contribution is 6.25. The molecule has 3 heteroatoms. The lowest BCUT2D eigenvalue weighted by Crippen LogP contribution is -2.68. The molecule has 12 rings (SSSR count). The summed E-state index contributed by atoms with van der Waals surface area (Å²) in [6.07, 6.45) is 7.34. The number of nitrogens with zero attached hydrogens (tertiary/aromatic N) is 3. The third-order valence-corrected chi connectivity index (χ3v) is 14.1. The largest absolute Gasteiger partial charge is 0.308 e. The van der Waals surface area contributed by atoms with Gasteiger partial charge in [-0.25, -0.2) is 0 Å². The predicted molar refractivity (Wildman–Crippen MR) is 239 cm³/mol. The molecule has 2 aliphatic heterocycles. The van der Waals surface area contributed by atoms with Crippen molar-refractivity contribution in [1.82, 2.24) is 4.40 Å². The Morgan fingerprint density at radius 1 is 0.552 bits per heavy atom. The second-order valence-corrected chi connectivity index (χ2v) is 17.1. The number of para-hydroxylation sites is 1. The molecule has 0 fully saturated rings. The van der Waals surface area contributed by atoms with E-state index in [1.807, 2.05) is 0 Å². The van der Waals surface area contributed by atoms with Crippen molar-refractivity contribution >= 4 is 43.8 Å². The summed E-state index contributed by atoms with van der Waals surface area (Å²) < 4.78 is 7.55. The van der Waals surface area contributed by atoms with Crippen molar-refractivity contribution in [1.29, 1.82) is 0 Å². The quantitative estimate of drug-likeness (QED) is 0.156. The van der Waals surface area contributed by atoms with E-state index in [0.717, 1.165) is 25.0 Å². The first-order valence-electron chi connectivity index (χ1n) is 20.6. The topological polar surface area (TPSA) is 12.2 Å². The minimum atomic E-state index is -0.377. The van der Waals surface area contributed by atoms with E-state index in [2.05, 4.69) is 204 Å². The van der Waals surface area contributed by atoms with E-state index in [-0.39, 0.29) is 11.0 Å². The van der Waals surface area contributed by atoms with Crippen LogP contribution in [0, 0.1) is 0 Å². The van der Waals surface area contributed by atoms with E-state index in [9.17, 15) is 0 Å². The molecule has 2 atom stereocenters. The summed E-state index contributed by atoms with van der Waals surface area (Å²) in [6.45, 7) is 9.96. The lowest BCUT2D eigenvalue weighted by molar-refractivity contribution is -0.765. The molecule has 2 unspecified atom stereocenters. The summed E-state index contributed by atoms with van der Waals surface area (Å²) in [5, 5.41) is 5.21. The number of aryl methyl sites for hydroxylation is 1. The van der Waals surface area contributed by atoms with Gasteiger partial charge >= 0.3 is 0 Å². The van der Waals surface area contributed by atoms with Crippen molar-refractivity contribution < 1.29 is 9.13 Å². The standard InChI is InChI=1S/C55H43N3/c1-36-34-55(3)54(2,28-27-39-20-10-11-21-42(39)49-23-14-15-29-56(36)49)48-33-52-44(32-47(48)50-26-25-40(35-57(50)55)37-16-6-4-7-17-37)46-31-41(38-18-8-5-9-19-38)30-45-43-22-12-13-24-51(43)58(52)53(45)46/h4-26,29-33,35H,1,27-28,34H2,2-3H3/q+2. The second-order valence-electron chi connectivity index (χ2n) is 17.1. The van der Waals surface area contributed by atoms with Gasteiger partial charge < -0.3 is 4.40 Å². The van der Waals surface area contributed by atoms with Gasteiger partial charge in [0.2, 0.25) is 11.4 Å². The number of hydrogen-bond donors (Lipinski definition) is 0. The van der Waals surface area contributed by atoms with Crippen LogP contribution in [-0.4, -0.2) is 4.40 Å². The second kappa shape index (κ2) is 12.1. The molecule has 58 heavy (non-hydrogen) atoms. The van der Waals surface area contributed by atoms with Crippen molar-refractivity contribution in [3.05, 3.63) is 194 Å². The third kappa shape index (κ3) is 4.50. The van der Waals surface area contributed by atoms with Crippen LogP contribution in [0.2, 0.25) is 0 Å². The summed E-state index contributed by atoms with van der Waals surface area (Å²) in [6, 6.07) is 60.9. The van der Waals surface area contributed by atoms with E-state index in [1.54, 1.807) is 0 Å². The molecule has 10 aromatic rings. The summed E-state index contributed by atoms with van der Waals surface area (Å²) in [4.78, 5) is 0. The first kappa shape index (κ1) is 33.3. The third-order valence-electron chi connectivity index (χ3n) is 14.1. The Balaban J connectivity index is 1.19. The van der Waals surface area contributed by atoms with Gasteiger partial charge in [0.05, 0.1) is 33.9 Å². The number of rotatable bonds is 2. The SMILES string of the molecule is C=C1CC2(C)[n+]3cc(-c4ccccc4)ccc3-c3cc4c5cc(-c6ccccc6)cc6c7ccccc7n(c4cc3C2(C)CCc2ccccc2-c2cccc[n+]21)c65. The smallest absolute Gasteiger partial charge is 0.218 e. The minimum Gasteiger partial charge on any atom is -0.308 e. The van der Waals surface area contributed by atoms with Gasteiger partial charge in [0, 0.05) is 57.8 Å². The average molecular weight is 746 g/mol. The highest BCUT2D eigenvalue weighted by Gasteiger charge is 2.59. The Labute approximate surface area is 338 Å². The highest BCUT2D eigenvalue weighted by Crippen LogP contribution is 2.54. The summed E-state index contributed by atoms with van der Waals surface area (Å²) in [5.74, 6) is 0. The lowest BCUT2D eigenvalue weighted by Gasteiger charge is -2.47. The number of fused-ring (bicyclic) bond motifs is 15. The van der Waals surface area contributed by atoms with Gasteiger partial charge in [-0.05, 0) is 103 Å². The summed E-state index contributed by atoms with van der Waals surface area (Å²) in [5.41, 5.74) is 17.0. The van der Waals surface area contributed by atoms with Gasteiger partial charge in [0.25, 0.3) is 0 Å². The number of aromatic nitrogens is 3. The number of allylic oxidation sites excluding steroid dienone is 1. The molecule has 0 saturated heterocycles. The zero-order valence-corrected chi connectivity index (χ0v) is 32.9. The molecular formula is C55H43N3+2. The van der Waals surface area contributed by atoms with Crippen LogP contribution in [-0.2, 0) is 17.4 Å². The Bertz CT molecular complexity index is 3300. The van der Waals surface area contributed by atoms with E-state index in [1.165, 1.54) is 94.0 Å². The van der Waals surface area contributed by atoms with Gasteiger partial charge in [-0.15, -0.1) is 0 Å². The minimum absolute atomic E-state index is 0.292. The predicted octanol–water partition coefficient (Wildman–Crippen LogP) is 12.6. The molecule has 4 aromatic heterocycles. The molecule has 0 aliphatic carbocycles. The maximum atomic E-state index is 4.90.